The molecule has 0 saturated carbocycles. The third-order valence-electron chi connectivity index (χ3n) is 0.314. The van der Waals surface area contributed by atoms with E-state index in [1.807, 2.05) is 0 Å². The minimum absolute atomic E-state index is 0.750. The van der Waals surface area contributed by atoms with E-state index < -0.39 is 25.1 Å². The highest BCUT2D eigenvalue weighted by molar-refractivity contribution is 4.66. The van der Waals surface area contributed by atoms with Crippen molar-refractivity contribution < 1.29 is 44.3 Å². The minimum Gasteiger partial charge on any atom is -0.210 e. The van der Waals surface area contributed by atoms with Gasteiger partial charge in [-0.15, -0.1) is 26.3 Å². The highest BCUT2D eigenvalue weighted by Crippen LogP contribution is 2.28. The molecule has 0 unspecified atom stereocenters. The van der Waals surface area contributed by atoms with Crippen molar-refractivity contribution in [1.82, 2.24) is 0 Å². The van der Waals surface area contributed by atoms with Gasteiger partial charge in [0.05, 0.1) is 0 Å². The van der Waals surface area contributed by atoms with E-state index >= 15 is 0 Å². The van der Waals surface area contributed by atoms with E-state index in [1.54, 1.807) is 4.74 Å². The van der Waals surface area contributed by atoms with Crippen molar-refractivity contribution in [3.05, 3.63) is 12.4 Å². The molecule has 0 radical (unpaired) electrons. The van der Waals surface area contributed by atoms with Crippen LogP contribution in [0.15, 0.2) is 12.4 Å². The van der Waals surface area contributed by atoms with Crippen LogP contribution < -0.4 is 0 Å². The molecular weight excluding hydrogens is 235 g/mol. The summed E-state index contributed by atoms with van der Waals surface area (Å²) in [5, 5.41) is 0. The van der Waals surface area contributed by atoms with E-state index in [4.69, 9.17) is 0 Å². The summed E-state index contributed by atoms with van der Waals surface area (Å²) < 4.78 is 96.0. The summed E-state index contributed by atoms with van der Waals surface area (Å²) in [5.41, 5.74) is 0. The highest BCUT2D eigenvalue weighted by atomic mass is 19.4. The van der Waals surface area contributed by atoms with Gasteiger partial charge < -0.3 is 0 Å². The minimum atomic E-state index is -5.64. The molecule has 0 aromatic carbocycles. The summed E-state index contributed by atoms with van der Waals surface area (Å²) >= 11 is 0. The lowest BCUT2D eigenvalue weighted by Gasteiger charge is -2.08. The van der Waals surface area contributed by atoms with E-state index in [0.29, 0.717) is 0 Å². The third kappa shape index (κ3) is 22.5. The Morgan fingerprint density at radius 1 is 0.857 bits per heavy atom. The number of halogens is 9. The van der Waals surface area contributed by atoms with Gasteiger partial charge >= 0.3 is 12.7 Å². The largest absolute Gasteiger partial charge is 0.529 e. The van der Waals surface area contributed by atoms with Gasteiger partial charge in [-0.3, -0.25) is 0 Å². The van der Waals surface area contributed by atoms with Crippen LogP contribution in [0.2, 0.25) is 0 Å². The maximum atomic E-state index is 10.6. The van der Waals surface area contributed by atoms with Gasteiger partial charge in [-0.1, -0.05) is 0 Å². The Morgan fingerprint density at radius 3 is 1.07 bits per heavy atom. The van der Waals surface area contributed by atoms with Crippen LogP contribution in [-0.2, 0) is 4.74 Å². The summed E-state index contributed by atoms with van der Waals surface area (Å²) in [6.45, 7) is 0. The lowest BCUT2D eigenvalue weighted by molar-refractivity contribution is -0.463. The summed E-state index contributed by atoms with van der Waals surface area (Å²) in [6.07, 6.45) is -14.3. The van der Waals surface area contributed by atoms with Gasteiger partial charge in [-0.25, -0.2) is 4.39 Å². The lowest BCUT2D eigenvalue weighted by atomic mass is 11.1. The first kappa shape index (κ1) is 15.5. The molecule has 0 amide bonds. The normalized spacial score (nSPS) is 11.5. The Balaban J connectivity index is 0. The number of rotatable bonds is 0. The molecule has 0 aliphatic carbocycles. The Labute approximate surface area is 70.8 Å². The number of ether oxygens (including phenoxy) is 1. The zero-order valence-electron chi connectivity index (χ0n) is 5.89. The average Bonchev–Trinajstić information content (AvgIpc) is 1.80. The first-order valence-corrected chi connectivity index (χ1v) is 2.43. The molecule has 0 spiro atoms. The Kier molecular flexibility index (Phi) is 6.36. The van der Waals surface area contributed by atoms with Gasteiger partial charge in [0, 0.05) is 0 Å². The second-order valence-electron chi connectivity index (χ2n) is 1.39. The third-order valence-corrected chi connectivity index (χ3v) is 0.314. The van der Waals surface area contributed by atoms with Crippen LogP contribution in [0.5, 0.6) is 0 Å². The second kappa shape index (κ2) is 5.73. The summed E-state index contributed by atoms with van der Waals surface area (Å²) in [6, 6.07) is 0. The van der Waals surface area contributed by atoms with Gasteiger partial charge in [-0.05, 0) is 0 Å². The molecule has 0 aromatic heterocycles. The standard InChI is InChI=1S/C2F6O.C2HF3/c3-1(4,5)9-2(6,7)8;3-1-2(4)5/h;1H. The average molecular weight is 236 g/mol. The summed E-state index contributed by atoms with van der Waals surface area (Å²) in [7, 11) is 0. The smallest absolute Gasteiger partial charge is 0.210 e. The molecule has 14 heavy (non-hydrogen) atoms. The molecule has 86 valence electrons. The van der Waals surface area contributed by atoms with Crippen molar-refractivity contribution in [3.63, 3.8) is 0 Å². The van der Waals surface area contributed by atoms with Gasteiger partial charge in [0.25, 0.3) is 6.08 Å². The van der Waals surface area contributed by atoms with Crippen LogP contribution in [-0.4, -0.2) is 12.7 Å². The molecule has 0 atom stereocenters. The molecule has 0 N–H and O–H groups in total. The molecule has 0 heterocycles. The summed E-state index contributed by atoms with van der Waals surface area (Å²) in [4.78, 5) is 0. The molecular formula is C4HF9O. The number of alkyl halides is 6. The molecule has 10 heteroatoms. The Morgan fingerprint density at radius 2 is 1.07 bits per heavy atom. The van der Waals surface area contributed by atoms with E-state index in [0.717, 1.165) is 0 Å². The van der Waals surface area contributed by atoms with E-state index in [2.05, 4.69) is 0 Å². The highest BCUT2D eigenvalue weighted by Gasteiger charge is 2.45. The van der Waals surface area contributed by atoms with Crippen LogP contribution in [0.4, 0.5) is 39.5 Å². The molecule has 0 aliphatic rings. The number of hydrogen-bond acceptors (Lipinski definition) is 1. The van der Waals surface area contributed by atoms with Gasteiger partial charge in [-0.2, -0.15) is 13.5 Å². The van der Waals surface area contributed by atoms with Crippen LogP contribution >= 0.6 is 0 Å². The molecule has 1 nitrogen and oxygen atoms in total. The van der Waals surface area contributed by atoms with Crippen molar-refractivity contribution >= 4 is 0 Å². The lowest BCUT2D eigenvalue weighted by Crippen LogP contribution is -2.25. The van der Waals surface area contributed by atoms with Crippen LogP contribution in [0.1, 0.15) is 0 Å². The Hall–Kier alpha value is -0.930. The predicted octanol–water partition coefficient (Wildman–Crippen LogP) is 3.74. The first-order chi connectivity index (χ1) is 5.98. The van der Waals surface area contributed by atoms with Crippen molar-refractivity contribution in [2.45, 2.75) is 12.7 Å². The predicted molar refractivity (Wildman–Crippen MR) is 24.6 cm³/mol. The molecule has 0 saturated heterocycles. The maximum Gasteiger partial charge on any atom is 0.529 e. The fourth-order valence-electron chi connectivity index (χ4n) is 0.131. The zero-order valence-corrected chi connectivity index (χ0v) is 5.89. The first-order valence-electron chi connectivity index (χ1n) is 2.43. The molecule has 0 aliphatic heterocycles. The molecule has 0 aromatic rings. The Bertz CT molecular complexity index is 160. The van der Waals surface area contributed by atoms with E-state index in [1.165, 1.54) is 0 Å². The molecule has 0 fully saturated rings. The molecule has 0 bridgehead atoms. The zero-order chi connectivity index (χ0) is 12.0. The van der Waals surface area contributed by atoms with Crippen LogP contribution in [0.25, 0.3) is 0 Å². The summed E-state index contributed by atoms with van der Waals surface area (Å²) in [5.74, 6) is 0. The second-order valence-corrected chi connectivity index (χ2v) is 1.39. The van der Waals surface area contributed by atoms with Gasteiger partial charge in [0.1, 0.15) is 0 Å². The number of hydrogen-bond donors (Lipinski definition) is 0. The SMILES string of the molecule is FC(F)(F)OC(F)(F)F.FC=C(F)F. The van der Waals surface area contributed by atoms with Crippen molar-refractivity contribution in [2.75, 3.05) is 0 Å². The maximum absolute atomic E-state index is 10.6. The van der Waals surface area contributed by atoms with Crippen molar-refractivity contribution in [1.29, 1.82) is 0 Å². The van der Waals surface area contributed by atoms with E-state index in [-0.39, 0.29) is 0 Å². The molecule has 0 rings (SSSR count). The van der Waals surface area contributed by atoms with Crippen LogP contribution in [0.3, 0.4) is 0 Å². The quantitative estimate of drug-likeness (QED) is 0.582. The van der Waals surface area contributed by atoms with E-state index in [9.17, 15) is 39.5 Å². The fourth-order valence-corrected chi connectivity index (χ4v) is 0.131. The van der Waals surface area contributed by atoms with Crippen LogP contribution in [0, 0.1) is 0 Å². The monoisotopic (exact) mass is 236 g/mol. The van der Waals surface area contributed by atoms with Gasteiger partial charge in [0.2, 0.25) is 0 Å². The topological polar surface area (TPSA) is 9.23 Å². The van der Waals surface area contributed by atoms with Crippen molar-refractivity contribution in [3.8, 4) is 0 Å². The fraction of sp³-hybridized carbons (Fsp3) is 0.500. The van der Waals surface area contributed by atoms with Gasteiger partial charge in [0.15, 0.2) is 6.33 Å². The van der Waals surface area contributed by atoms with Crippen molar-refractivity contribution in [2.24, 2.45) is 0 Å².